The van der Waals surface area contributed by atoms with Crippen molar-refractivity contribution in [3.63, 3.8) is 0 Å². The van der Waals surface area contributed by atoms with Gasteiger partial charge in [-0.25, -0.2) is 9.97 Å². The Morgan fingerprint density at radius 2 is 2.47 bits per heavy atom. The van der Waals surface area contributed by atoms with Crippen LogP contribution in [0.5, 0.6) is 0 Å². The van der Waals surface area contributed by atoms with Gasteiger partial charge in [0, 0.05) is 25.3 Å². The van der Waals surface area contributed by atoms with E-state index in [1.165, 1.54) is 6.42 Å². The number of nitrogens with one attached hydrogen (secondary N) is 2. The van der Waals surface area contributed by atoms with E-state index in [1.54, 1.807) is 6.20 Å². The summed E-state index contributed by atoms with van der Waals surface area (Å²) in [6.07, 6.45) is 2.86. The highest BCUT2D eigenvalue weighted by Gasteiger charge is 2.13. The van der Waals surface area contributed by atoms with Gasteiger partial charge >= 0.3 is 0 Å². The summed E-state index contributed by atoms with van der Waals surface area (Å²) in [5.74, 6) is 0. The van der Waals surface area contributed by atoms with Gasteiger partial charge in [0.2, 0.25) is 5.28 Å². The number of halogens is 2. The van der Waals surface area contributed by atoms with Crippen molar-refractivity contribution in [3.05, 3.63) is 23.2 Å². The van der Waals surface area contributed by atoms with Crippen molar-refractivity contribution in [3.8, 4) is 0 Å². The van der Waals surface area contributed by atoms with E-state index in [4.69, 9.17) is 11.6 Å². The molecule has 0 spiro atoms. The molecule has 1 saturated heterocycles. The van der Waals surface area contributed by atoms with Crippen LogP contribution in [0, 0.1) is 0 Å². The van der Waals surface area contributed by atoms with Crippen LogP contribution in [-0.4, -0.2) is 29.1 Å². The number of aromatic nitrogens is 2. The molecule has 2 rings (SSSR count). The third-order valence-corrected chi connectivity index (χ3v) is 2.50. The van der Waals surface area contributed by atoms with E-state index in [2.05, 4.69) is 20.6 Å². The number of nitrogens with zero attached hydrogens (tertiary/aromatic N) is 2. The first kappa shape index (κ1) is 12.6. The molecule has 4 nitrogen and oxygen atoms in total. The Morgan fingerprint density at radius 1 is 1.60 bits per heavy atom. The Bertz CT molecular complexity index is 302. The number of hydrogen-bond donors (Lipinski definition) is 2. The fourth-order valence-electron chi connectivity index (χ4n) is 1.55. The van der Waals surface area contributed by atoms with Crippen molar-refractivity contribution >= 4 is 24.0 Å². The van der Waals surface area contributed by atoms with Crippen molar-refractivity contribution in [1.29, 1.82) is 0 Å². The zero-order chi connectivity index (χ0) is 9.80. The minimum atomic E-state index is 0. The van der Waals surface area contributed by atoms with E-state index in [0.29, 0.717) is 11.3 Å². The lowest BCUT2D eigenvalue weighted by molar-refractivity contribution is 0.541. The number of hydrogen-bond acceptors (Lipinski definition) is 4. The fraction of sp³-hybridized carbons (Fsp3) is 0.556. The van der Waals surface area contributed by atoms with Crippen molar-refractivity contribution in [2.24, 2.45) is 0 Å². The molecule has 0 amide bonds. The second kappa shape index (κ2) is 6.23. The number of rotatable bonds is 3. The second-order valence-electron chi connectivity index (χ2n) is 3.39. The molecular formula is C9H14Cl2N4. The second-order valence-corrected chi connectivity index (χ2v) is 3.73. The van der Waals surface area contributed by atoms with Gasteiger partial charge in [-0.2, -0.15) is 0 Å². The van der Waals surface area contributed by atoms with Gasteiger partial charge < -0.3 is 10.6 Å². The first-order valence-electron chi connectivity index (χ1n) is 4.76. The summed E-state index contributed by atoms with van der Waals surface area (Å²) in [6, 6.07) is 2.44. The van der Waals surface area contributed by atoms with E-state index in [1.807, 2.05) is 6.07 Å². The van der Waals surface area contributed by atoms with Gasteiger partial charge in [-0.15, -0.1) is 12.4 Å². The third-order valence-electron chi connectivity index (χ3n) is 2.32. The Hall–Kier alpha value is -0.420. The van der Waals surface area contributed by atoms with E-state index in [-0.39, 0.29) is 12.4 Å². The summed E-state index contributed by atoms with van der Waals surface area (Å²) in [5.41, 5.74) is 0.942. The average Bonchev–Trinajstić information content (AvgIpc) is 2.67. The first-order valence-corrected chi connectivity index (χ1v) is 5.14. The highest BCUT2D eigenvalue weighted by molar-refractivity contribution is 6.28. The van der Waals surface area contributed by atoms with E-state index in [9.17, 15) is 0 Å². The average molecular weight is 249 g/mol. The predicted molar refractivity (Wildman–Crippen MR) is 62.4 cm³/mol. The van der Waals surface area contributed by atoms with Crippen LogP contribution in [0.4, 0.5) is 0 Å². The van der Waals surface area contributed by atoms with Gasteiger partial charge in [0.15, 0.2) is 0 Å². The standard InChI is InChI=1S/C9H13ClN4.ClH/c10-9-12-4-2-8(14-9)6-13-7-1-3-11-5-7;/h2,4,7,11,13H,1,3,5-6H2;1H/t7-;/m1./s1. The molecular weight excluding hydrogens is 235 g/mol. The van der Waals surface area contributed by atoms with E-state index in [0.717, 1.165) is 25.3 Å². The molecule has 2 N–H and O–H groups in total. The van der Waals surface area contributed by atoms with Crippen molar-refractivity contribution in [1.82, 2.24) is 20.6 Å². The van der Waals surface area contributed by atoms with Crippen LogP contribution in [0.15, 0.2) is 12.3 Å². The van der Waals surface area contributed by atoms with Gasteiger partial charge in [0.25, 0.3) is 0 Å². The van der Waals surface area contributed by atoms with Gasteiger partial charge in [0.1, 0.15) is 0 Å². The molecule has 0 aromatic carbocycles. The van der Waals surface area contributed by atoms with Crippen LogP contribution in [0.3, 0.4) is 0 Å². The summed E-state index contributed by atoms with van der Waals surface area (Å²) >= 11 is 5.68. The zero-order valence-corrected chi connectivity index (χ0v) is 9.81. The molecule has 1 aromatic heterocycles. The summed E-state index contributed by atoms with van der Waals surface area (Å²) in [4.78, 5) is 7.94. The summed E-state index contributed by atoms with van der Waals surface area (Å²) < 4.78 is 0. The Labute approximate surface area is 100 Å². The highest BCUT2D eigenvalue weighted by Crippen LogP contribution is 2.02. The quantitative estimate of drug-likeness (QED) is 0.785. The van der Waals surface area contributed by atoms with Crippen LogP contribution < -0.4 is 10.6 Å². The summed E-state index contributed by atoms with van der Waals surface area (Å²) in [5, 5.41) is 7.03. The lowest BCUT2D eigenvalue weighted by atomic mass is 10.2. The van der Waals surface area contributed by atoms with Crippen LogP contribution in [0.2, 0.25) is 5.28 Å². The molecule has 0 aliphatic carbocycles. The molecule has 1 aliphatic heterocycles. The minimum absolute atomic E-state index is 0. The molecule has 2 heterocycles. The molecule has 15 heavy (non-hydrogen) atoms. The lowest BCUT2D eigenvalue weighted by Crippen LogP contribution is -2.30. The monoisotopic (exact) mass is 248 g/mol. The first-order chi connectivity index (χ1) is 6.84. The molecule has 0 unspecified atom stereocenters. The minimum Gasteiger partial charge on any atom is -0.315 e. The van der Waals surface area contributed by atoms with Crippen LogP contribution >= 0.6 is 24.0 Å². The molecule has 84 valence electrons. The molecule has 1 aliphatic rings. The van der Waals surface area contributed by atoms with E-state index >= 15 is 0 Å². The van der Waals surface area contributed by atoms with Crippen LogP contribution in [-0.2, 0) is 6.54 Å². The van der Waals surface area contributed by atoms with Gasteiger partial charge in [-0.1, -0.05) is 0 Å². The Morgan fingerprint density at radius 3 is 3.13 bits per heavy atom. The molecule has 0 saturated carbocycles. The SMILES string of the molecule is Cl.Clc1nccc(CN[C@@H]2CCNC2)n1. The van der Waals surface area contributed by atoms with Crippen LogP contribution in [0.25, 0.3) is 0 Å². The van der Waals surface area contributed by atoms with Crippen LogP contribution in [0.1, 0.15) is 12.1 Å². The maximum Gasteiger partial charge on any atom is 0.222 e. The third kappa shape index (κ3) is 3.91. The van der Waals surface area contributed by atoms with Gasteiger partial charge in [-0.05, 0) is 30.6 Å². The Balaban J connectivity index is 0.00000112. The van der Waals surface area contributed by atoms with Crippen molar-refractivity contribution in [2.75, 3.05) is 13.1 Å². The molecule has 0 bridgehead atoms. The van der Waals surface area contributed by atoms with Crippen molar-refractivity contribution < 1.29 is 0 Å². The maximum atomic E-state index is 5.68. The molecule has 6 heteroatoms. The maximum absolute atomic E-state index is 5.68. The largest absolute Gasteiger partial charge is 0.315 e. The van der Waals surface area contributed by atoms with Gasteiger partial charge in [0.05, 0.1) is 5.69 Å². The van der Waals surface area contributed by atoms with Crippen molar-refractivity contribution in [2.45, 2.75) is 19.0 Å². The summed E-state index contributed by atoms with van der Waals surface area (Å²) in [6.45, 7) is 2.90. The topological polar surface area (TPSA) is 49.8 Å². The zero-order valence-electron chi connectivity index (χ0n) is 8.24. The van der Waals surface area contributed by atoms with E-state index < -0.39 is 0 Å². The molecule has 0 radical (unpaired) electrons. The smallest absolute Gasteiger partial charge is 0.222 e. The molecule has 1 fully saturated rings. The normalized spacial score (nSPS) is 19.9. The lowest BCUT2D eigenvalue weighted by Gasteiger charge is -2.10. The highest BCUT2D eigenvalue weighted by atomic mass is 35.5. The Kier molecular flexibility index (Phi) is 5.25. The molecule has 1 atom stereocenters. The predicted octanol–water partition coefficient (Wildman–Crippen LogP) is 1.00. The fourth-order valence-corrected chi connectivity index (χ4v) is 1.71. The summed E-state index contributed by atoms with van der Waals surface area (Å²) in [7, 11) is 0. The molecule has 1 aromatic rings. The van der Waals surface area contributed by atoms with Gasteiger partial charge in [-0.3, -0.25) is 0 Å².